The number of carbonyl (C=O) groups excluding carboxylic acids is 2. The Morgan fingerprint density at radius 2 is 1.96 bits per heavy atom. The van der Waals surface area contributed by atoms with Crippen molar-refractivity contribution in [1.82, 2.24) is 15.1 Å². The fourth-order valence-electron chi connectivity index (χ4n) is 3.40. The van der Waals surface area contributed by atoms with E-state index in [4.69, 9.17) is 0 Å². The van der Waals surface area contributed by atoms with Crippen molar-refractivity contribution in [2.24, 2.45) is 5.92 Å². The molecule has 0 bridgehead atoms. The van der Waals surface area contributed by atoms with Gasteiger partial charge in [-0.05, 0) is 34.7 Å². The lowest BCUT2D eigenvalue weighted by Crippen LogP contribution is -2.40. The Morgan fingerprint density at radius 1 is 1.20 bits per heavy atom. The van der Waals surface area contributed by atoms with Gasteiger partial charge in [0.1, 0.15) is 0 Å². The fourth-order valence-corrected chi connectivity index (χ4v) is 3.40. The van der Waals surface area contributed by atoms with Gasteiger partial charge in [-0.3, -0.25) is 4.79 Å². The average Bonchev–Trinajstić information content (AvgIpc) is 3.08. The number of fused-ring (bicyclic) bond motifs is 1. The summed E-state index contributed by atoms with van der Waals surface area (Å²) in [6.45, 7) is 4.33. The van der Waals surface area contributed by atoms with E-state index in [1.165, 1.54) is 10.8 Å². The summed E-state index contributed by atoms with van der Waals surface area (Å²) >= 11 is 0. The van der Waals surface area contributed by atoms with E-state index < -0.39 is 0 Å². The molecular formula is C20H25N3O2. The minimum Gasteiger partial charge on any atom is -0.343 e. The van der Waals surface area contributed by atoms with Gasteiger partial charge in [0.05, 0.1) is 0 Å². The largest absolute Gasteiger partial charge is 0.343 e. The van der Waals surface area contributed by atoms with Gasteiger partial charge in [0.25, 0.3) is 0 Å². The highest BCUT2D eigenvalue weighted by molar-refractivity contribution is 5.83. The number of hydrogen-bond acceptors (Lipinski definition) is 2. The van der Waals surface area contributed by atoms with Crippen molar-refractivity contribution in [3.05, 3.63) is 48.0 Å². The lowest BCUT2D eigenvalue weighted by atomic mass is 10.1. The topological polar surface area (TPSA) is 52.7 Å². The molecule has 1 N–H and O–H groups in total. The molecule has 2 aromatic carbocycles. The Morgan fingerprint density at radius 3 is 2.68 bits per heavy atom. The summed E-state index contributed by atoms with van der Waals surface area (Å²) in [6.07, 6.45) is 0.960. The molecule has 1 aliphatic rings. The molecule has 0 spiro atoms. The van der Waals surface area contributed by atoms with Gasteiger partial charge in [-0.2, -0.15) is 0 Å². The zero-order chi connectivity index (χ0) is 17.8. The number of amides is 3. The maximum absolute atomic E-state index is 12.3. The van der Waals surface area contributed by atoms with Gasteiger partial charge < -0.3 is 15.1 Å². The second-order valence-corrected chi connectivity index (χ2v) is 6.84. The monoisotopic (exact) mass is 339 g/mol. The first-order chi connectivity index (χ1) is 12.0. The van der Waals surface area contributed by atoms with Crippen molar-refractivity contribution in [2.45, 2.75) is 19.9 Å². The highest BCUT2D eigenvalue weighted by atomic mass is 16.2. The van der Waals surface area contributed by atoms with Crippen LogP contribution >= 0.6 is 0 Å². The zero-order valence-electron chi connectivity index (χ0n) is 14.9. The third kappa shape index (κ3) is 4.29. The fraction of sp³-hybridized carbons (Fsp3) is 0.400. The van der Waals surface area contributed by atoms with Crippen LogP contribution in [-0.2, 0) is 11.3 Å². The molecule has 0 aliphatic carbocycles. The Labute approximate surface area is 148 Å². The number of benzene rings is 2. The highest BCUT2D eigenvalue weighted by Crippen LogP contribution is 2.18. The van der Waals surface area contributed by atoms with Crippen LogP contribution in [0.25, 0.3) is 10.8 Å². The van der Waals surface area contributed by atoms with Gasteiger partial charge >= 0.3 is 6.03 Å². The van der Waals surface area contributed by atoms with Crippen LogP contribution in [0.15, 0.2) is 42.5 Å². The third-order valence-electron chi connectivity index (χ3n) is 4.87. The lowest BCUT2D eigenvalue weighted by Gasteiger charge is -2.22. The van der Waals surface area contributed by atoms with E-state index in [0.717, 1.165) is 25.1 Å². The van der Waals surface area contributed by atoms with Crippen molar-refractivity contribution >= 4 is 22.7 Å². The van der Waals surface area contributed by atoms with Gasteiger partial charge in [-0.25, -0.2) is 4.79 Å². The molecule has 0 unspecified atom stereocenters. The quantitative estimate of drug-likeness (QED) is 0.931. The number of hydrogen-bond donors (Lipinski definition) is 1. The van der Waals surface area contributed by atoms with Gasteiger partial charge in [-0.15, -0.1) is 0 Å². The van der Waals surface area contributed by atoms with Crippen LogP contribution in [0.2, 0.25) is 0 Å². The molecule has 3 amide bonds. The van der Waals surface area contributed by atoms with Gasteiger partial charge in [0, 0.05) is 40.2 Å². The van der Waals surface area contributed by atoms with Crippen LogP contribution in [0.4, 0.5) is 4.79 Å². The Balaban J connectivity index is 1.50. The summed E-state index contributed by atoms with van der Waals surface area (Å²) in [5.41, 5.74) is 1.09. The number of likely N-dealkylation sites (tertiary alicyclic amines) is 1. The van der Waals surface area contributed by atoms with E-state index in [0.29, 0.717) is 19.0 Å². The maximum atomic E-state index is 12.3. The molecule has 1 atom stereocenters. The molecule has 0 radical (unpaired) electrons. The van der Waals surface area contributed by atoms with Crippen LogP contribution in [0.3, 0.4) is 0 Å². The summed E-state index contributed by atoms with van der Waals surface area (Å²) in [6, 6.07) is 14.4. The predicted octanol–water partition coefficient (Wildman–Crippen LogP) is 2.85. The molecule has 5 nitrogen and oxygen atoms in total. The summed E-state index contributed by atoms with van der Waals surface area (Å²) in [5.74, 6) is 0.478. The second-order valence-electron chi connectivity index (χ2n) is 6.84. The SMILES string of the molecule is CC(=O)N1CC[C@@H](CN(C)C(=O)NCc2ccc3ccccc3c2)C1. The smallest absolute Gasteiger partial charge is 0.317 e. The summed E-state index contributed by atoms with van der Waals surface area (Å²) in [7, 11) is 1.81. The molecule has 1 fully saturated rings. The zero-order valence-corrected chi connectivity index (χ0v) is 14.9. The van der Waals surface area contributed by atoms with E-state index in [1.807, 2.05) is 30.1 Å². The van der Waals surface area contributed by atoms with E-state index >= 15 is 0 Å². The molecule has 132 valence electrons. The van der Waals surface area contributed by atoms with Crippen molar-refractivity contribution in [3.63, 3.8) is 0 Å². The van der Waals surface area contributed by atoms with Crippen LogP contribution in [0.5, 0.6) is 0 Å². The Hall–Kier alpha value is -2.56. The van der Waals surface area contributed by atoms with Crippen LogP contribution < -0.4 is 5.32 Å². The van der Waals surface area contributed by atoms with E-state index in [1.54, 1.807) is 11.8 Å². The van der Waals surface area contributed by atoms with E-state index in [9.17, 15) is 9.59 Å². The summed E-state index contributed by atoms with van der Waals surface area (Å²) < 4.78 is 0. The molecule has 1 heterocycles. The Kier molecular flexibility index (Phi) is 5.22. The first-order valence-electron chi connectivity index (χ1n) is 8.75. The lowest BCUT2D eigenvalue weighted by molar-refractivity contribution is -0.127. The molecule has 0 aromatic heterocycles. The van der Waals surface area contributed by atoms with Crippen molar-refractivity contribution in [3.8, 4) is 0 Å². The third-order valence-corrected chi connectivity index (χ3v) is 4.87. The molecule has 1 aliphatic heterocycles. The highest BCUT2D eigenvalue weighted by Gasteiger charge is 2.26. The number of nitrogens with one attached hydrogen (secondary N) is 1. The van der Waals surface area contributed by atoms with Crippen molar-refractivity contribution < 1.29 is 9.59 Å². The molecule has 5 heteroatoms. The second kappa shape index (κ2) is 7.55. The first kappa shape index (κ1) is 17.3. The van der Waals surface area contributed by atoms with Crippen molar-refractivity contribution in [1.29, 1.82) is 0 Å². The first-order valence-corrected chi connectivity index (χ1v) is 8.75. The number of nitrogens with zero attached hydrogens (tertiary/aromatic N) is 2. The van der Waals surface area contributed by atoms with E-state index in [2.05, 4.69) is 29.6 Å². The summed E-state index contributed by atoms with van der Waals surface area (Å²) in [5, 5.41) is 5.36. The van der Waals surface area contributed by atoms with Gasteiger partial charge in [0.15, 0.2) is 0 Å². The standard InChI is InChI=1S/C20H25N3O2/c1-15(24)23-10-9-17(14-23)13-22(2)20(25)21-12-16-7-8-18-5-3-4-6-19(18)11-16/h3-8,11,17H,9-10,12-14H2,1-2H3,(H,21,25)/t17-/m0/s1. The molecular weight excluding hydrogens is 314 g/mol. The van der Waals surface area contributed by atoms with Gasteiger partial charge in [0.2, 0.25) is 5.91 Å². The Bertz CT molecular complexity index is 774. The molecule has 2 aromatic rings. The molecule has 25 heavy (non-hydrogen) atoms. The van der Waals surface area contributed by atoms with Crippen LogP contribution in [-0.4, -0.2) is 48.4 Å². The van der Waals surface area contributed by atoms with Crippen molar-refractivity contribution in [2.75, 3.05) is 26.7 Å². The van der Waals surface area contributed by atoms with E-state index in [-0.39, 0.29) is 11.9 Å². The predicted molar refractivity (Wildman–Crippen MR) is 99.2 cm³/mol. The van der Waals surface area contributed by atoms with Gasteiger partial charge in [-0.1, -0.05) is 36.4 Å². The average molecular weight is 339 g/mol. The molecule has 0 saturated carbocycles. The minimum absolute atomic E-state index is 0.0746. The number of carbonyl (C=O) groups is 2. The molecule has 3 rings (SSSR count). The summed E-state index contributed by atoms with van der Waals surface area (Å²) in [4.78, 5) is 27.3. The van der Waals surface area contributed by atoms with Crippen LogP contribution in [0.1, 0.15) is 18.9 Å². The van der Waals surface area contributed by atoms with Crippen LogP contribution in [0, 0.1) is 5.92 Å². The number of rotatable bonds is 4. The number of urea groups is 1. The molecule has 1 saturated heterocycles. The minimum atomic E-state index is -0.0746. The normalized spacial score (nSPS) is 16.9. The maximum Gasteiger partial charge on any atom is 0.317 e.